The zero-order chi connectivity index (χ0) is 14.1. The summed E-state index contributed by atoms with van der Waals surface area (Å²) >= 11 is 0. The van der Waals surface area contributed by atoms with Crippen molar-refractivity contribution in [3.8, 4) is 0 Å². The van der Waals surface area contributed by atoms with Crippen molar-refractivity contribution in [2.45, 2.75) is 83.5 Å². The number of unbranched alkanes of at least 4 members (excludes halogenated alkanes) is 6. The van der Waals surface area contributed by atoms with Crippen LogP contribution in [0, 0.1) is 5.92 Å². The summed E-state index contributed by atoms with van der Waals surface area (Å²) in [5.74, 6) is 0.283. The van der Waals surface area contributed by atoms with Gasteiger partial charge in [0.05, 0.1) is 18.8 Å². The van der Waals surface area contributed by atoms with Gasteiger partial charge in [-0.3, -0.25) is 0 Å². The average Bonchev–Trinajstić information content (AvgIpc) is 2.40. The molecule has 19 heavy (non-hydrogen) atoms. The molecule has 1 aliphatic rings. The lowest BCUT2D eigenvalue weighted by molar-refractivity contribution is -0.172. The van der Waals surface area contributed by atoms with E-state index >= 15 is 0 Å². The second-order valence-electron chi connectivity index (χ2n) is 5.95. The SMILES string of the molecule is CCCCCCCCC[C@@H]1OC[C@@H](C)[C@H](OC)[C@H]1O. The van der Waals surface area contributed by atoms with E-state index in [1.165, 1.54) is 38.5 Å². The van der Waals surface area contributed by atoms with E-state index in [-0.39, 0.29) is 18.1 Å². The first-order valence-corrected chi connectivity index (χ1v) is 8.03. The molecule has 3 heteroatoms. The molecule has 0 saturated carbocycles. The minimum absolute atomic E-state index is 0.0307. The van der Waals surface area contributed by atoms with Crippen LogP contribution in [0.15, 0.2) is 0 Å². The van der Waals surface area contributed by atoms with Crippen LogP contribution in [0.5, 0.6) is 0 Å². The minimum Gasteiger partial charge on any atom is -0.388 e. The zero-order valence-electron chi connectivity index (χ0n) is 12.9. The number of aliphatic hydroxyl groups excluding tert-OH is 1. The van der Waals surface area contributed by atoms with Gasteiger partial charge in [-0.15, -0.1) is 0 Å². The molecule has 1 rings (SSSR count). The van der Waals surface area contributed by atoms with Crippen molar-refractivity contribution >= 4 is 0 Å². The van der Waals surface area contributed by atoms with Crippen molar-refractivity contribution in [2.24, 2.45) is 5.92 Å². The van der Waals surface area contributed by atoms with Gasteiger partial charge in [-0.2, -0.15) is 0 Å². The molecular weight excluding hydrogens is 240 g/mol. The van der Waals surface area contributed by atoms with Crippen molar-refractivity contribution in [1.29, 1.82) is 0 Å². The fourth-order valence-electron chi connectivity index (χ4n) is 2.95. The van der Waals surface area contributed by atoms with Crippen LogP contribution in [0.25, 0.3) is 0 Å². The molecule has 0 aromatic rings. The predicted octanol–water partition coefficient (Wildman–Crippen LogP) is 3.54. The largest absolute Gasteiger partial charge is 0.388 e. The van der Waals surface area contributed by atoms with Gasteiger partial charge in [-0.1, -0.05) is 58.8 Å². The van der Waals surface area contributed by atoms with Crippen LogP contribution in [0.3, 0.4) is 0 Å². The molecular formula is C16H32O3. The molecule has 114 valence electrons. The van der Waals surface area contributed by atoms with Crippen molar-refractivity contribution in [3.05, 3.63) is 0 Å². The summed E-state index contributed by atoms with van der Waals surface area (Å²) < 4.78 is 11.1. The van der Waals surface area contributed by atoms with Gasteiger partial charge in [0.25, 0.3) is 0 Å². The van der Waals surface area contributed by atoms with Crippen molar-refractivity contribution in [2.75, 3.05) is 13.7 Å². The summed E-state index contributed by atoms with van der Waals surface area (Å²) in [6.07, 6.45) is 9.49. The highest BCUT2D eigenvalue weighted by Crippen LogP contribution is 2.25. The second kappa shape index (κ2) is 9.73. The van der Waals surface area contributed by atoms with E-state index in [0.717, 1.165) is 12.8 Å². The molecule has 1 N–H and O–H groups in total. The summed E-state index contributed by atoms with van der Waals surface area (Å²) in [5, 5.41) is 10.2. The molecule has 1 fully saturated rings. The maximum atomic E-state index is 10.2. The van der Waals surface area contributed by atoms with Gasteiger partial charge in [0.2, 0.25) is 0 Å². The fraction of sp³-hybridized carbons (Fsp3) is 1.00. The molecule has 0 spiro atoms. The molecule has 1 aliphatic heterocycles. The summed E-state index contributed by atoms with van der Waals surface area (Å²) in [6, 6.07) is 0. The van der Waals surface area contributed by atoms with Gasteiger partial charge < -0.3 is 14.6 Å². The van der Waals surface area contributed by atoms with E-state index in [9.17, 15) is 5.11 Å². The standard InChI is InChI=1S/C16H32O3/c1-4-5-6-7-8-9-10-11-14-15(17)16(18-3)13(2)12-19-14/h13-17H,4-12H2,1-3H3/t13-,14+,15+,16+/m1/s1. The lowest BCUT2D eigenvalue weighted by Crippen LogP contribution is -2.50. The summed E-state index contributed by atoms with van der Waals surface area (Å²) in [5.41, 5.74) is 0. The molecule has 0 aromatic carbocycles. The Morgan fingerprint density at radius 3 is 2.37 bits per heavy atom. The van der Waals surface area contributed by atoms with Crippen molar-refractivity contribution < 1.29 is 14.6 Å². The maximum absolute atomic E-state index is 10.2. The molecule has 0 bridgehead atoms. The van der Waals surface area contributed by atoms with E-state index in [0.29, 0.717) is 6.61 Å². The number of rotatable bonds is 9. The Kier molecular flexibility index (Phi) is 8.67. The third-order valence-electron chi connectivity index (χ3n) is 4.22. The van der Waals surface area contributed by atoms with Gasteiger partial charge in [0.1, 0.15) is 6.10 Å². The van der Waals surface area contributed by atoms with Gasteiger partial charge in [0.15, 0.2) is 0 Å². The topological polar surface area (TPSA) is 38.7 Å². The molecule has 0 unspecified atom stereocenters. The minimum atomic E-state index is -0.464. The number of hydrogen-bond donors (Lipinski definition) is 1. The normalized spacial score (nSPS) is 31.6. The van der Waals surface area contributed by atoms with Crippen LogP contribution in [-0.4, -0.2) is 37.1 Å². The van der Waals surface area contributed by atoms with E-state index in [2.05, 4.69) is 13.8 Å². The van der Waals surface area contributed by atoms with Gasteiger partial charge in [0, 0.05) is 13.0 Å². The van der Waals surface area contributed by atoms with E-state index in [1.807, 2.05) is 0 Å². The highest BCUT2D eigenvalue weighted by atomic mass is 16.5. The first-order valence-electron chi connectivity index (χ1n) is 8.03. The molecule has 0 amide bonds. The third-order valence-corrected chi connectivity index (χ3v) is 4.22. The van der Waals surface area contributed by atoms with Crippen LogP contribution < -0.4 is 0 Å². The van der Waals surface area contributed by atoms with E-state index in [4.69, 9.17) is 9.47 Å². The molecule has 0 aliphatic carbocycles. The Labute approximate surface area is 118 Å². The Bertz CT molecular complexity index is 220. The Morgan fingerprint density at radius 1 is 1.11 bits per heavy atom. The van der Waals surface area contributed by atoms with E-state index in [1.54, 1.807) is 7.11 Å². The average molecular weight is 272 g/mol. The van der Waals surface area contributed by atoms with Crippen LogP contribution in [0.1, 0.15) is 65.2 Å². The zero-order valence-corrected chi connectivity index (χ0v) is 12.9. The Balaban J connectivity index is 2.12. The Morgan fingerprint density at radius 2 is 1.74 bits per heavy atom. The summed E-state index contributed by atoms with van der Waals surface area (Å²) in [6.45, 7) is 5.02. The molecule has 4 atom stereocenters. The van der Waals surface area contributed by atoms with Crippen molar-refractivity contribution in [3.63, 3.8) is 0 Å². The van der Waals surface area contributed by atoms with Crippen molar-refractivity contribution in [1.82, 2.24) is 0 Å². The number of ether oxygens (including phenoxy) is 2. The lowest BCUT2D eigenvalue weighted by atomic mass is 9.91. The molecule has 1 saturated heterocycles. The van der Waals surface area contributed by atoms with Gasteiger partial charge >= 0.3 is 0 Å². The van der Waals surface area contributed by atoms with Gasteiger partial charge in [-0.05, 0) is 6.42 Å². The van der Waals surface area contributed by atoms with Crippen LogP contribution in [0.4, 0.5) is 0 Å². The monoisotopic (exact) mass is 272 g/mol. The van der Waals surface area contributed by atoms with Crippen LogP contribution in [0.2, 0.25) is 0 Å². The van der Waals surface area contributed by atoms with E-state index < -0.39 is 6.10 Å². The van der Waals surface area contributed by atoms with Gasteiger partial charge in [-0.25, -0.2) is 0 Å². The summed E-state index contributed by atoms with van der Waals surface area (Å²) in [7, 11) is 1.68. The highest BCUT2D eigenvalue weighted by Gasteiger charge is 2.36. The summed E-state index contributed by atoms with van der Waals surface area (Å²) in [4.78, 5) is 0. The first-order chi connectivity index (χ1) is 9.20. The number of hydrogen-bond acceptors (Lipinski definition) is 3. The smallest absolute Gasteiger partial charge is 0.107 e. The quantitative estimate of drug-likeness (QED) is 0.652. The molecule has 3 nitrogen and oxygen atoms in total. The Hall–Kier alpha value is -0.120. The first kappa shape index (κ1) is 16.9. The number of methoxy groups -OCH3 is 1. The van der Waals surface area contributed by atoms with Crippen LogP contribution in [-0.2, 0) is 9.47 Å². The molecule has 0 radical (unpaired) electrons. The predicted molar refractivity (Wildman–Crippen MR) is 78.3 cm³/mol. The number of aliphatic hydroxyl groups is 1. The molecule has 1 heterocycles. The second-order valence-corrected chi connectivity index (χ2v) is 5.95. The third kappa shape index (κ3) is 5.80. The van der Waals surface area contributed by atoms with Crippen LogP contribution >= 0.6 is 0 Å². The maximum Gasteiger partial charge on any atom is 0.107 e. The fourth-order valence-corrected chi connectivity index (χ4v) is 2.95. The lowest BCUT2D eigenvalue weighted by Gasteiger charge is -2.38. The molecule has 0 aromatic heterocycles. The highest BCUT2D eigenvalue weighted by molar-refractivity contribution is 4.85.